The number of aromatic amines is 1. The highest BCUT2D eigenvalue weighted by atomic mass is 15.1. The van der Waals surface area contributed by atoms with Crippen LogP contribution in [0.5, 0.6) is 0 Å². The molecule has 0 saturated heterocycles. The Bertz CT molecular complexity index is 586. The van der Waals surface area contributed by atoms with E-state index in [9.17, 15) is 0 Å². The Labute approximate surface area is 86.0 Å². The summed E-state index contributed by atoms with van der Waals surface area (Å²) in [7, 11) is 0. The first-order chi connectivity index (χ1) is 7.43. The molecule has 0 radical (unpaired) electrons. The molecule has 3 rings (SSSR count). The third-order valence-corrected chi connectivity index (χ3v) is 2.31. The summed E-state index contributed by atoms with van der Waals surface area (Å²) in [4.78, 5) is 0. The molecule has 1 aromatic carbocycles. The highest BCUT2D eigenvalue weighted by Crippen LogP contribution is 2.20. The van der Waals surface area contributed by atoms with E-state index in [0.717, 1.165) is 22.2 Å². The molecule has 2 heterocycles. The van der Waals surface area contributed by atoms with Gasteiger partial charge in [0.2, 0.25) is 0 Å². The Kier molecular flexibility index (Phi) is 1.71. The van der Waals surface area contributed by atoms with Crippen LogP contribution >= 0.6 is 0 Å². The molecule has 0 spiro atoms. The summed E-state index contributed by atoms with van der Waals surface area (Å²) in [6.07, 6.45) is 3.47. The van der Waals surface area contributed by atoms with E-state index in [1.54, 1.807) is 12.4 Å². The molecule has 15 heavy (non-hydrogen) atoms. The Morgan fingerprint density at radius 2 is 2.13 bits per heavy atom. The van der Waals surface area contributed by atoms with Crippen molar-refractivity contribution < 1.29 is 0 Å². The molecule has 0 aliphatic rings. The van der Waals surface area contributed by atoms with Gasteiger partial charge in [0.05, 0.1) is 17.4 Å². The average Bonchev–Trinajstić information content (AvgIpc) is 2.77. The fraction of sp³-hybridized carbons (Fsp3) is 0. The van der Waals surface area contributed by atoms with Gasteiger partial charge in [-0.05, 0) is 24.3 Å². The zero-order valence-electron chi connectivity index (χ0n) is 7.88. The van der Waals surface area contributed by atoms with Gasteiger partial charge in [0.25, 0.3) is 0 Å². The average molecular weight is 196 g/mol. The van der Waals surface area contributed by atoms with Crippen molar-refractivity contribution >= 4 is 10.9 Å². The lowest BCUT2D eigenvalue weighted by Crippen LogP contribution is -1.84. The summed E-state index contributed by atoms with van der Waals surface area (Å²) >= 11 is 0. The molecule has 0 unspecified atom stereocenters. The molecular weight excluding hydrogens is 188 g/mol. The quantitative estimate of drug-likeness (QED) is 0.647. The molecule has 0 fully saturated rings. The topological polar surface area (TPSA) is 54.5 Å². The van der Waals surface area contributed by atoms with Crippen molar-refractivity contribution in [2.45, 2.75) is 0 Å². The van der Waals surface area contributed by atoms with E-state index in [2.05, 4.69) is 20.4 Å². The largest absolute Gasteiger partial charge is 0.278 e. The van der Waals surface area contributed by atoms with Gasteiger partial charge in [0.15, 0.2) is 0 Å². The smallest absolute Gasteiger partial charge is 0.0929 e. The van der Waals surface area contributed by atoms with Crippen molar-refractivity contribution in [2.24, 2.45) is 0 Å². The number of benzene rings is 1. The van der Waals surface area contributed by atoms with E-state index in [1.165, 1.54) is 0 Å². The van der Waals surface area contributed by atoms with Gasteiger partial charge in [-0.25, -0.2) is 0 Å². The molecule has 4 heteroatoms. The number of nitrogens with one attached hydrogen (secondary N) is 1. The molecule has 72 valence electrons. The summed E-state index contributed by atoms with van der Waals surface area (Å²) in [6.45, 7) is 0. The van der Waals surface area contributed by atoms with Crippen LogP contribution in [0.3, 0.4) is 0 Å². The van der Waals surface area contributed by atoms with E-state index in [1.807, 2.05) is 30.3 Å². The minimum Gasteiger partial charge on any atom is -0.278 e. The van der Waals surface area contributed by atoms with Gasteiger partial charge in [0.1, 0.15) is 0 Å². The molecule has 2 aromatic heterocycles. The van der Waals surface area contributed by atoms with Crippen LogP contribution < -0.4 is 0 Å². The van der Waals surface area contributed by atoms with Gasteiger partial charge in [0, 0.05) is 17.1 Å². The normalized spacial score (nSPS) is 10.7. The number of hydrogen-bond acceptors (Lipinski definition) is 3. The molecule has 0 aliphatic carbocycles. The second kappa shape index (κ2) is 3.16. The Morgan fingerprint density at radius 1 is 1.13 bits per heavy atom. The third kappa shape index (κ3) is 1.36. The van der Waals surface area contributed by atoms with Crippen LogP contribution in [0, 0.1) is 0 Å². The minimum absolute atomic E-state index is 0.876. The summed E-state index contributed by atoms with van der Waals surface area (Å²) < 4.78 is 0. The Morgan fingerprint density at radius 3 is 3.00 bits per heavy atom. The number of H-pyrrole nitrogens is 1. The first-order valence-corrected chi connectivity index (χ1v) is 4.65. The van der Waals surface area contributed by atoms with Crippen molar-refractivity contribution in [3.63, 3.8) is 0 Å². The maximum Gasteiger partial charge on any atom is 0.0929 e. The van der Waals surface area contributed by atoms with Gasteiger partial charge in [-0.3, -0.25) is 5.10 Å². The van der Waals surface area contributed by atoms with Gasteiger partial charge < -0.3 is 0 Å². The van der Waals surface area contributed by atoms with Crippen molar-refractivity contribution in [2.75, 3.05) is 0 Å². The van der Waals surface area contributed by atoms with E-state index < -0.39 is 0 Å². The lowest BCUT2D eigenvalue weighted by molar-refractivity contribution is 1.04. The number of hydrogen-bond donors (Lipinski definition) is 1. The molecule has 1 N–H and O–H groups in total. The zero-order chi connectivity index (χ0) is 10.1. The molecule has 0 bridgehead atoms. The van der Waals surface area contributed by atoms with Crippen LogP contribution in [0.25, 0.3) is 22.2 Å². The van der Waals surface area contributed by atoms with Gasteiger partial charge in [-0.2, -0.15) is 15.3 Å². The molecule has 0 aliphatic heterocycles. The van der Waals surface area contributed by atoms with E-state index in [4.69, 9.17) is 0 Å². The highest BCUT2D eigenvalue weighted by Gasteiger charge is 2.01. The standard InChI is InChI=1S/C11H8N4/c1-2-10(14-12-5-1)8-3-4-11-9(6-8)7-13-15-11/h1-7H,(H,13,15). The van der Waals surface area contributed by atoms with Crippen LogP contribution in [-0.4, -0.2) is 20.4 Å². The Balaban J connectivity index is 2.19. The van der Waals surface area contributed by atoms with E-state index >= 15 is 0 Å². The molecular formula is C11H8N4. The lowest BCUT2D eigenvalue weighted by Gasteiger charge is -1.98. The maximum atomic E-state index is 4.06. The molecule has 3 aromatic rings. The van der Waals surface area contributed by atoms with Crippen LogP contribution in [0.4, 0.5) is 0 Å². The van der Waals surface area contributed by atoms with Crippen LogP contribution in [0.2, 0.25) is 0 Å². The van der Waals surface area contributed by atoms with Gasteiger partial charge >= 0.3 is 0 Å². The first kappa shape index (κ1) is 8.11. The summed E-state index contributed by atoms with van der Waals surface area (Å²) in [6, 6.07) is 9.86. The lowest BCUT2D eigenvalue weighted by atomic mass is 10.1. The fourth-order valence-electron chi connectivity index (χ4n) is 1.56. The summed E-state index contributed by atoms with van der Waals surface area (Å²) in [5.41, 5.74) is 2.96. The van der Waals surface area contributed by atoms with Gasteiger partial charge in [-0.15, -0.1) is 0 Å². The number of fused-ring (bicyclic) bond motifs is 1. The van der Waals surface area contributed by atoms with Crippen LogP contribution in [-0.2, 0) is 0 Å². The third-order valence-electron chi connectivity index (χ3n) is 2.31. The Hall–Kier alpha value is -2.23. The SMILES string of the molecule is c1cnnc(-c2ccc3[nH]ncc3c2)c1. The molecule has 0 amide bonds. The maximum absolute atomic E-state index is 4.06. The second-order valence-electron chi connectivity index (χ2n) is 3.28. The van der Waals surface area contributed by atoms with Crippen molar-refractivity contribution in [1.82, 2.24) is 20.4 Å². The highest BCUT2D eigenvalue weighted by molar-refractivity contribution is 5.83. The minimum atomic E-state index is 0.876. The van der Waals surface area contributed by atoms with E-state index in [0.29, 0.717) is 0 Å². The fourth-order valence-corrected chi connectivity index (χ4v) is 1.56. The van der Waals surface area contributed by atoms with Crippen molar-refractivity contribution in [3.8, 4) is 11.3 Å². The molecule has 4 nitrogen and oxygen atoms in total. The first-order valence-electron chi connectivity index (χ1n) is 4.65. The van der Waals surface area contributed by atoms with Crippen molar-refractivity contribution in [1.29, 1.82) is 0 Å². The summed E-state index contributed by atoms with van der Waals surface area (Å²) in [5.74, 6) is 0. The zero-order valence-corrected chi connectivity index (χ0v) is 7.88. The molecule has 0 atom stereocenters. The van der Waals surface area contributed by atoms with Crippen molar-refractivity contribution in [3.05, 3.63) is 42.7 Å². The monoisotopic (exact) mass is 196 g/mol. The number of aromatic nitrogens is 4. The summed E-state index contributed by atoms with van der Waals surface area (Å²) in [5, 5.41) is 15.9. The molecule has 0 saturated carbocycles. The number of rotatable bonds is 1. The number of nitrogens with zero attached hydrogens (tertiary/aromatic N) is 3. The second-order valence-corrected chi connectivity index (χ2v) is 3.28. The predicted octanol–water partition coefficient (Wildman–Crippen LogP) is 2.02. The predicted molar refractivity (Wildman–Crippen MR) is 57.1 cm³/mol. The van der Waals surface area contributed by atoms with Crippen LogP contribution in [0.1, 0.15) is 0 Å². The van der Waals surface area contributed by atoms with Gasteiger partial charge in [-0.1, -0.05) is 6.07 Å². The van der Waals surface area contributed by atoms with Crippen LogP contribution in [0.15, 0.2) is 42.7 Å². The van der Waals surface area contributed by atoms with E-state index in [-0.39, 0.29) is 0 Å².